The summed E-state index contributed by atoms with van der Waals surface area (Å²) < 4.78 is 10.0. The molecule has 15 heavy (non-hydrogen) atoms. The van der Waals surface area contributed by atoms with E-state index in [2.05, 4.69) is 6.58 Å². The van der Waals surface area contributed by atoms with Crippen molar-refractivity contribution in [1.82, 2.24) is 0 Å². The van der Waals surface area contributed by atoms with E-state index < -0.39 is 0 Å². The Morgan fingerprint density at radius 1 is 1.47 bits per heavy atom. The lowest BCUT2D eigenvalue weighted by Crippen LogP contribution is -2.19. The van der Waals surface area contributed by atoms with Crippen LogP contribution in [0.1, 0.15) is 17.3 Å². The molecular formula is C12H14O3. The van der Waals surface area contributed by atoms with Gasteiger partial charge in [0.25, 0.3) is 0 Å². The van der Waals surface area contributed by atoms with Gasteiger partial charge in [0, 0.05) is 0 Å². The number of carbonyl (C=O) groups excluding carboxylic acids is 1. The van der Waals surface area contributed by atoms with Crippen molar-refractivity contribution < 1.29 is 14.3 Å². The summed E-state index contributed by atoms with van der Waals surface area (Å²) in [5, 5.41) is 0. The fourth-order valence-electron chi connectivity index (χ4n) is 1.06. The zero-order valence-corrected chi connectivity index (χ0v) is 8.68. The van der Waals surface area contributed by atoms with E-state index >= 15 is 0 Å². The lowest BCUT2D eigenvalue weighted by Gasteiger charge is -2.12. The minimum Gasteiger partial charge on any atom is -0.498 e. The molecule has 0 aliphatic heterocycles. The summed E-state index contributed by atoms with van der Waals surface area (Å²) >= 11 is 0. The van der Waals surface area contributed by atoms with Crippen molar-refractivity contribution in [3.05, 3.63) is 48.7 Å². The Morgan fingerprint density at radius 3 is 2.73 bits per heavy atom. The van der Waals surface area contributed by atoms with Gasteiger partial charge in [0.15, 0.2) is 0 Å². The van der Waals surface area contributed by atoms with Gasteiger partial charge in [-0.05, 0) is 19.1 Å². The molecule has 0 heterocycles. The number of hydrogen-bond donors (Lipinski definition) is 0. The highest BCUT2D eigenvalue weighted by Gasteiger charge is 2.10. The Morgan fingerprint density at radius 2 is 2.13 bits per heavy atom. The standard InChI is InChI=1S/C12H14O3/c1-3-14-9-10(2)15-12(13)11-7-5-4-6-8-11/h3-8,10H,1,9H2,2H3. The second-order valence-electron chi connectivity index (χ2n) is 3.08. The normalized spacial score (nSPS) is 11.5. The van der Waals surface area contributed by atoms with Crippen molar-refractivity contribution in [2.24, 2.45) is 0 Å². The van der Waals surface area contributed by atoms with E-state index in [4.69, 9.17) is 9.47 Å². The summed E-state index contributed by atoms with van der Waals surface area (Å²) in [4.78, 5) is 11.5. The van der Waals surface area contributed by atoms with Crippen LogP contribution < -0.4 is 0 Å². The number of benzene rings is 1. The predicted molar refractivity (Wildman–Crippen MR) is 57.5 cm³/mol. The van der Waals surface area contributed by atoms with Gasteiger partial charge in [0.05, 0.1) is 11.8 Å². The minimum atomic E-state index is -0.337. The van der Waals surface area contributed by atoms with Crippen molar-refractivity contribution in [3.8, 4) is 0 Å². The fourth-order valence-corrected chi connectivity index (χ4v) is 1.06. The molecule has 1 aromatic carbocycles. The predicted octanol–water partition coefficient (Wildman–Crippen LogP) is 2.39. The second-order valence-corrected chi connectivity index (χ2v) is 3.08. The molecule has 0 aliphatic carbocycles. The molecule has 0 spiro atoms. The highest BCUT2D eigenvalue weighted by molar-refractivity contribution is 5.89. The number of rotatable bonds is 5. The molecule has 0 N–H and O–H groups in total. The van der Waals surface area contributed by atoms with Crippen LogP contribution in [0.5, 0.6) is 0 Å². The van der Waals surface area contributed by atoms with Crippen molar-refractivity contribution in [2.75, 3.05) is 6.61 Å². The van der Waals surface area contributed by atoms with Crippen LogP contribution >= 0.6 is 0 Å². The van der Waals surface area contributed by atoms with Gasteiger partial charge in [-0.3, -0.25) is 0 Å². The van der Waals surface area contributed by atoms with Crippen LogP contribution in [0.4, 0.5) is 0 Å². The van der Waals surface area contributed by atoms with Crippen LogP contribution in [0.15, 0.2) is 43.2 Å². The topological polar surface area (TPSA) is 35.5 Å². The first-order valence-corrected chi connectivity index (χ1v) is 4.72. The molecule has 0 fully saturated rings. The van der Waals surface area contributed by atoms with Crippen LogP contribution in [0, 0.1) is 0 Å². The Hall–Kier alpha value is -1.77. The molecule has 0 bridgehead atoms. The van der Waals surface area contributed by atoms with Gasteiger partial charge in [-0.1, -0.05) is 24.8 Å². The fraction of sp³-hybridized carbons (Fsp3) is 0.250. The molecule has 1 rings (SSSR count). The first-order valence-electron chi connectivity index (χ1n) is 4.72. The smallest absolute Gasteiger partial charge is 0.338 e. The average molecular weight is 206 g/mol. The molecule has 1 atom stereocenters. The zero-order valence-electron chi connectivity index (χ0n) is 8.68. The molecule has 0 aromatic heterocycles. The Bertz CT molecular complexity index is 319. The highest BCUT2D eigenvalue weighted by Crippen LogP contribution is 2.03. The number of ether oxygens (including phenoxy) is 2. The van der Waals surface area contributed by atoms with E-state index in [0.29, 0.717) is 12.2 Å². The number of esters is 1. The molecular weight excluding hydrogens is 192 g/mol. The maximum absolute atomic E-state index is 11.5. The van der Waals surface area contributed by atoms with Gasteiger partial charge in [-0.25, -0.2) is 4.79 Å². The molecule has 3 heteroatoms. The van der Waals surface area contributed by atoms with Crippen LogP contribution in [-0.2, 0) is 9.47 Å². The van der Waals surface area contributed by atoms with Crippen LogP contribution in [0.2, 0.25) is 0 Å². The van der Waals surface area contributed by atoms with E-state index in [-0.39, 0.29) is 12.1 Å². The SMILES string of the molecule is C=COCC(C)OC(=O)c1ccccc1. The molecule has 80 valence electrons. The van der Waals surface area contributed by atoms with Crippen molar-refractivity contribution in [2.45, 2.75) is 13.0 Å². The summed E-state index contributed by atoms with van der Waals surface area (Å²) in [6.07, 6.45) is 1.04. The summed E-state index contributed by atoms with van der Waals surface area (Å²) in [5.74, 6) is -0.337. The number of carbonyl (C=O) groups is 1. The summed E-state index contributed by atoms with van der Waals surface area (Å²) in [5.41, 5.74) is 0.544. The van der Waals surface area contributed by atoms with Gasteiger partial charge >= 0.3 is 5.97 Å². The minimum absolute atomic E-state index is 0.282. The molecule has 3 nitrogen and oxygen atoms in total. The van der Waals surface area contributed by atoms with Crippen LogP contribution in [0.3, 0.4) is 0 Å². The molecule has 0 amide bonds. The van der Waals surface area contributed by atoms with Crippen molar-refractivity contribution >= 4 is 5.97 Å². The van der Waals surface area contributed by atoms with Crippen molar-refractivity contribution in [1.29, 1.82) is 0 Å². The summed E-state index contributed by atoms with van der Waals surface area (Å²) in [6.45, 7) is 5.50. The highest BCUT2D eigenvalue weighted by atomic mass is 16.6. The molecule has 0 saturated carbocycles. The molecule has 1 unspecified atom stereocenters. The molecule has 1 aromatic rings. The van der Waals surface area contributed by atoms with Gasteiger partial charge in [0.1, 0.15) is 12.7 Å². The Kier molecular flexibility index (Phi) is 4.41. The Labute approximate surface area is 89.3 Å². The summed E-state index contributed by atoms with van der Waals surface area (Å²) in [7, 11) is 0. The average Bonchev–Trinajstić information content (AvgIpc) is 2.27. The van der Waals surface area contributed by atoms with Crippen LogP contribution in [-0.4, -0.2) is 18.7 Å². The van der Waals surface area contributed by atoms with E-state index in [1.807, 2.05) is 6.07 Å². The van der Waals surface area contributed by atoms with Gasteiger partial charge in [-0.2, -0.15) is 0 Å². The van der Waals surface area contributed by atoms with E-state index in [1.165, 1.54) is 6.26 Å². The quantitative estimate of drug-likeness (QED) is 0.548. The van der Waals surface area contributed by atoms with Gasteiger partial charge in [-0.15, -0.1) is 0 Å². The number of hydrogen-bond acceptors (Lipinski definition) is 3. The summed E-state index contributed by atoms with van der Waals surface area (Å²) in [6, 6.07) is 8.86. The van der Waals surface area contributed by atoms with E-state index in [0.717, 1.165) is 0 Å². The molecule has 0 radical (unpaired) electrons. The lowest BCUT2D eigenvalue weighted by atomic mass is 10.2. The molecule has 0 aliphatic rings. The first-order chi connectivity index (χ1) is 7.24. The third kappa shape index (κ3) is 3.85. The zero-order chi connectivity index (χ0) is 11.1. The second kappa shape index (κ2) is 5.86. The largest absolute Gasteiger partial charge is 0.498 e. The maximum Gasteiger partial charge on any atom is 0.338 e. The van der Waals surface area contributed by atoms with E-state index in [1.54, 1.807) is 31.2 Å². The third-order valence-electron chi connectivity index (χ3n) is 1.77. The first kappa shape index (κ1) is 11.3. The maximum atomic E-state index is 11.5. The van der Waals surface area contributed by atoms with Gasteiger partial charge in [0.2, 0.25) is 0 Å². The molecule has 0 saturated heterocycles. The van der Waals surface area contributed by atoms with Gasteiger partial charge < -0.3 is 9.47 Å². The van der Waals surface area contributed by atoms with Crippen LogP contribution in [0.25, 0.3) is 0 Å². The Balaban J connectivity index is 2.45. The monoisotopic (exact) mass is 206 g/mol. The van der Waals surface area contributed by atoms with E-state index in [9.17, 15) is 4.79 Å². The van der Waals surface area contributed by atoms with Crippen molar-refractivity contribution in [3.63, 3.8) is 0 Å². The third-order valence-corrected chi connectivity index (χ3v) is 1.77. The lowest BCUT2D eigenvalue weighted by molar-refractivity contribution is 0.0175.